The molecule has 1 aliphatic carbocycles. The van der Waals surface area contributed by atoms with Gasteiger partial charge in [0.05, 0.1) is 6.04 Å². The third-order valence-corrected chi connectivity index (χ3v) is 5.11. The van der Waals surface area contributed by atoms with E-state index in [1.54, 1.807) is 18.3 Å². The summed E-state index contributed by atoms with van der Waals surface area (Å²) >= 11 is 0. The minimum absolute atomic E-state index is 0.0293. The third-order valence-electron chi connectivity index (χ3n) is 5.11. The average Bonchev–Trinajstić information content (AvgIpc) is 3.14. The molecule has 1 saturated heterocycles. The Morgan fingerprint density at radius 2 is 1.88 bits per heavy atom. The summed E-state index contributed by atoms with van der Waals surface area (Å²) in [4.78, 5) is 32.9. The van der Waals surface area contributed by atoms with Gasteiger partial charge >= 0.3 is 0 Å². The molecule has 0 bridgehead atoms. The van der Waals surface area contributed by atoms with E-state index in [1.165, 1.54) is 12.8 Å². The Morgan fingerprint density at radius 1 is 1.17 bits per heavy atom. The van der Waals surface area contributed by atoms with Gasteiger partial charge in [-0.05, 0) is 31.9 Å². The van der Waals surface area contributed by atoms with E-state index in [0.717, 1.165) is 25.9 Å². The summed E-state index contributed by atoms with van der Waals surface area (Å²) in [6.45, 7) is 4.67. The number of hydrogen-bond donors (Lipinski definition) is 1. The van der Waals surface area contributed by atoms with Gasteiger partial charge in [-0.3, -0.25) is 19.5 Å². The van der Waals surface area contributed by atoms with Crippen LogP contribution in [0.1, 0.15) is 43.1 Å². The highest BCUT2D eigenvalue weighted by atomic mass is 16.2. The SMILES string of the molecule is CC(C(=O)NC1CCCC1)N1CCN(C(=O)c2ccccn2)CC1. The van der Waals surface area contributed by atoms with Crippen molar-refractivity contribution < 1.29 is 9.59 Å². The molecule has 3 rings (SSSR count). The summed E-state index contributed by atoms with van der Waals surface area (Å²) in [7, 11) is 0. The van der Waals surface area contributed by atoms with Gasteiger partial charge in [-0.1, -0.05) is 18.9 Å². The molecule has 1 aromatic heterocycles. The Balaban J connectivity index is 1.49. The van der Waals surface area contributed by atoms with Crippen LogP contribution in [-0.2, 0) is 4.79 Å². The Bertz CT molecular complexity index is 564. The molecule has 1 unspecified atom stereocenters. The first-order chi connectivity index (χ1) is 11.6. The van der Waals surface area contributed by atoms with Gasteiger partial charge < -0.3 is 10.2 Å². The number of hydrogen-bond acceptors (Lipinski definition) is 4. The fraction of sp³-hybridized carbons (Fsp3) is 0.611. The lowest BCUT2D eigenvalue weighted by Crippen LogP contribution is -2.55. The molecule has 2 amide bonds. The molecule has 0 spiro atoms. The highest BCUT2D eigenvalue weighted by Gasteiger charge is 2.29. The molecule has 6 nitrogen and oxygen atoms in total. The van der Waals surface area contributed by atoms with E-state index in [-0.39, 0.29) is 17.9 Å². The number of amides is 2. The van der Waals surface area contributed by atoms with Crippen molar-refractivity contribution in [2.24, 2.45) is 0 Å². The summed E-state index contributed by atoms with van der Waals surface area (Å²) in [6, 6.07) is 5.59. The van der Waals surface area contributed by atoms with Crippen molar-refractivity contribution in [3.63, 3.8) is 0 Å². The van der Waals surface area contributed by atoms with E-state index in [4.69, 9.17) is 0 Å². The number of nitrogens with one attached hydrogen (secondary N) is 1. The highest BCUT2D eigenvalue weighted by molar-refractivity contribution is 5.92. The molecule has 1 saturated carbocycles. The van der Waals surface area contributed by atoms with Crippen LogP contribution in [0.4, 0.5) is 0 Å². The van der Waals surface area contributed by atoms with E-state index in [2.05, 4.69) is 15.2 Å². The molecule has 1 aromatic rings. The van der Waals surface area contributed by atoms with Crippen molar-refractivity contribution in [3.8, 4) is 0 Å². The van der Waals surface area contributed by atoms with Crippen LogP contribution in [0, 0.1) is 0 Å². The van der Waals surface area contributed by atoms with Crippen LogP contribution in [0.15, 0.2) is 24.4 Å². The van der Waals surface area contributed by atoms with Crippen molar-refractivity contribution >= 4 is 11.8 Å². The maximum Gasteiger partial charge on any atom is 0.272 e. The minimum atomic E-state index is -0.141. The topological polar surface area (TPSA) is 65.5 Å². The van der Waals surface area contributed by atoms with Crippen molar-refractivity contribution in [1.82, 2.24) is 20.1 Å². The first-order valence-corrected chi connectivity index (χ1v) is 8.90. The fourth-order valence-corrected chi connectivity index (χ4v) is 3.52. The summed E-state index contributed by atoms with van der Waals surface area (Å²) in [5, 5.41) is 3.16. The van der Waals surface area contributed by atoms with Gasteiger partial charge in [-0.25, -0.2) is 0 Å². The zero-order chi connectivity index (χ0) is 16.9. The van der Waals surface area contributed by atoms with Crippen molar-refractivity contribution in [3.05, 3.63) is 30.1 Å². The second kappa shape index (κ2) is 7.75. The molecule has 1 aliphatic heterocycles. The van der Waals surface area contributed by atoms with Gasteiger partial charge in [-0.2, -0.15) is 0 Å². The Kier molecular flexibility index (Phi) is 5.45. The molecule has 2 aliphatic rings. The molecule has 0 radical (unpaired) electrons. The van der Waals surface area contributed by atoms with E-state index < -0.39 is 0 Å². The lowest BCUT2D eigenvalue weighted by atomic mass is 10.1. The molecule has 0 aromatic carbocycles. The maximum absolute atomic E-state index is 12.4. The Hall–Kier alpha value is -1.95. The van der Waals surface area contributed by atoms with Crippen LogP contribution in [0.5, 0.6) is 0 Å². The molecular weight excluding hydrogens is 304 g/mol. The number of aromatic nitrogens is 1. The third kappa shape index (κ3) is 3.93. The summed E-state index contributed by atoms with van der Waals surface area (Å²) < 4.78 is 0. The van der Waals surface area contributed by atoms with Crippen LogP contribution in [0.25, 0.3) is 0 Å². The lowest BCUT2D eigenvalue weighted by Gasteiger charge is -2.37. The van der Waals surface area contributed by atoms with Crippen LogP contribution in [0.2, 0.25) is 0 Å². The summed E-state index contributed by atoms with van der Waals surface area (Å²) in [5.74, 6) is 0.0877. The highest BCUT2D eigenvalue weighted by Crippen LogP contribution is 2.18. The molecule has 2 heterocycles. The molecule has 24 heavy (non-hydrogen) atoms. The summed E-state index contributed by atoms with van der Waals surface area (Å²) in [6.07, 6.45) is 6.27. The zero-order valence-electron chi connectivity index (χ0n) is 14.3. The van der Waals surface area contributed by atoms with Gasteiger partial charge in [0, 0.05) is 38.4 Å². The molecule has 6 heteroatoms. The van der Waals surface area contributed by atoms with E-state index in [0.29, 0.717) is 24.8 Å². The Labute approximate surface area is 143 Å². The number of piperazine rings is 1. The van der Waals surface area contributed by atoms with Gasteiger partial charge in [0.15, 0.2) is 0 Å². The van der Waals surface area contributed by atoms with Crippen molar-refractivity contribution in [1.29, 1.82) is 0 Å². The molecule has 130 valence electrons. The van der Waals surface area contributed by atoms with E-state index in [9.17, 15) is 9.59 Å². The van der Waals surface area contributed by atoms with E-state index >= 15 is 0 Å². The Morgan fingerprint density at radius 3 is 2.50 bits per heavy atom. The quantitative estimate of drug-likeness (QED) is 0.903. The second-order valence-electron chi connectivity index (χ2n) is 6.71. The van der Waals surface area contributed by atoms with Gasteiger partial charge in [0.25, 0.3) is 5.91 Å². The van der Waals surface area contributed by atoms with Crippen LogP contribution in [-0.4, -0.2) is 64.9 Å². The predicted molar refractivity (Wildman–Crippen MR) is 91.6 cm³/mol. The van der Waals surface area contributed by atoms with Crippen LogP contribution >= 0.6 is 0 Å². The normalized spacial score (nSPS) is 20.8. The minimum Gasteiger partial charge on any atom is -0.352 e. The van der Waals surface area contributed by atoms with Gasteiger partial charge in [0.2, 0.25) is 5.91 Å². The largest absolute Gasteiger partial charge is 0.352 e. The molecular formula is C18H26N4O2. The number of carbonyl (C=O) groups excluding carboxylic acids is 2. The lowest BCUT2D eigenvalue weighted by molar-refractivity contribution is -0.127. The number of rotatable bonds is 4. The summed E-state index contributed by atoms with van der Waals surface area (Å²) in [5.41, 5.74) is 0.484. The molecule has 1 N–H and O–H groups in total. The monoisotopic (exact) mass is 330 g/mol. The first-order valence-electron chi connectivity index (χ1n) is 8.90. The smallest absolute Gasteiger partial charge is 0.272 e. The molecule has 2 fully saturated rings. The van der Waals surface area contributed by atoms with Crippen LogP contribution in [0.3, 0.4) is 0 Å². The number of pyridine rings is 1. The second-order valence-corrected chi connectivity index (χ2v) is 6.71. The first kappa shape index (κ1) is 16.9. The maximum atomic E-state index is 12.4. The standard InChI is InChI=1S/C18H26N4O2/c1-14(17(23)20-15-6-2-3-7-15)21-10-12-22(13-11-21)18(24)16-8-4-5-9-19-16/h4-5,8-9,14-15H,2-3,6-7,10-13H2,1H3,(H,20,23). The zero-order valence-corrected chi connectivity index (χ0v) is 14.3. The van der Waals surface area contributed by atoms with Crippen LogP contribution < -0.4 is 5.32 Å². The number of carbonyl (C=O) groups is 2. The van der Waals surface area contributed by atoms with Crippen molar-refractivity contribution in [2.75, 3.05) is 26.2 Å². The van der Waals surface area contributed by atoms with Gasteiger partial charge in [-0.15, -0.1) is 0 Å². The average molecular weight is 330 g/mol. The number of nitrogens with zero attached hydrogens (tertiary/aromatic N) is 3. The fourth-order valence-electron chi connectivity index (χ4n) is 3.52. The predicted octanol–water partition coefficient (Wildman–Crippen LogP) is 1.29. The van der Waals surface area contributed by atoms with Crippen molar-refractivity contribution in [2.45, 2.75) is 44.7 Å². The molecule has 1 atom stereocenters. The van der Waals surface area contributed by atoms with E-state index in [1.807, 2.05) is 17.9 Å². The van der Waals surface area contributed by atoms with Gasteiger partial charge in [0.1, 0.15) is 5.69 Å².